The van der Waals surface area contributed by atoms with Gasteiger partial charge in [-0.2, -0.15) is 0 Å². The summed E-state index contributed by atoms with van der Waals surface area (Å²) < 4.78 is 5.58. The Morgan fingerprint density at radius 1 is 1.11 bits per heavy atom. The lowest BCUT2D eigenvalue weighted by Gasteiger charge is -2.20. The highest BCUT2D eigenvalue weighted by Gasteiger charge is 2.10. The van der Waals surface area contributed by atoms with Crippen LogP contribution < -0.4 is 5.32 Å². The molecule has 3 heteroatoms. The molecule has 0 aliphatic rings. The Morgan fingerprint density at radius 3 is 2.44 bits per heavy atom. The van der Waals surface area contributed by atoms with Crippen molar-refractivity contribution in [3.05, 3.63) is 23.7 Å². The van der Waals surface area contributed by atoms with Crippen LogP contribution in [-0.2, 0) is 13.1 Å². The molecule has 0 bridgehead atoms. The standard InChI is InChI=1S/C15H28N2O/c1-4-8-16-12-15-14(7-11-18-15)13-17(9-5-2)10-6-3/h7,11,16H,4-6,8-10,12-13H2,1-3H3. The minimum Gasteiger partial charge on any atom is -0.468 e. The molecule has 18 heavy (non-hydrogen) atoms. The van der Waals surface area contributed by atoms with Crippen LogP contribution in [0.3, 0.4) is 0 Å². The largest absolute Gasteiger partial charge is 0.468 e. The van der Waals surface area contributed by atoms with E-state index in [0.29, 0.717) is 0 Å². The summed E-state index contributed by atoms with van der Waals surface area (Å²) in [5, 5.41) is 3.40. The molecule has 1 rings (SSSR count). The molecule has 0 atom stereocenters. The van der Waals surface area contributed by atoms with E-state index in [1.165, 1.54) is 31.5 Å². The molecule has 1 heterocycles. The van der Waals surface area contributed by atoms with Gasteiger partial charge in [0.2, 0.25) is 0 Å². The SMILES string of the molecule is CCCNCc1occc1CN(CCC)CCC. The Morgan fingerprint density at radius 2 is 1.83 bits per heavy atom. The van der Waals surface area contributed by atoms with Crippen molar-refractivity contribution < 1.29 is 4.42 Å². The molecule has 1 aromatic heterocycles. The van der Waals surface area contributed by atoms with Gasteiger partial charge >= 0.3 is 0 Å². The van der Waals surface area contributed by atoms with Crippen molar-refractivity contribution >= 4 is 0 Å². The van der Waals surface area contributed by atoms with E-state index in [1.807, 2.05) is 6.26 Å². The molecule has 1 N–H and O–H groups in total. The maximum Gasteiger partial charge on any atom is 0.122 e. The second kappa shape index (κ2) is 9.17. The molecule has 1 aromatic rings. The monoisotopic (exact) mass is 252 g/mol. The highest BCUT2D eigenvalue weighted by molar-refractivity contribution is 5.16. The van der Waals surface area contributed by atoms with Crippen molar-refractivity contribution in [1.29, 1.82) is 0 Å². The molecule has 0 aromatic carbocycles. The van der Waals surface area contributed by atoms with Crippen LogP contribution in [0.4, 0.5) is 0 Å². The first kappa shape index (κ1) is 15.3. The molecule has 0 amide bonds. The third-order valence-electron chi connectivity index (χ3n) is 3.02. The number of nitrogens with zero attached hydrogens (tertiary/aromatic N) is 1. The smallest absolute Gasteiger partial charge is 0.122 e. The summed E-state index contributed by atoms with van der Waals surface area (Å²) in [7, 11) is 0. The van der Waals surface area contributed by atoms with Gasteiger partial charge in [-0.25, -0.2) is 0 Å². The predicted octanol–water partition coefficient (Wildman–Crippen LogP) is 3.40. The maximum absolute atomic E-state index is 5.58. The normalized spacial score (nSPS) is 11.3. The minimum atomic E-state index is 0.849. The van der Waals surface area contributed by atoms with Gasteiger partial charge in [0, 0.05) is 12.1 Å². The van der Waals surface area contributed by atoms with E-state index in [0.717, 1.165) is 31.8 Å². The average molecular weight is 252 g/mol. The molecule has 0 radical (unpaired) electrons. The van der Waals surface area contributed by atoms with Gasteiger partial charge in [0.25, 0.3) is 0 Å². The highest BCUT2D eigenvalue weighted by Crippen LogP contribution is 2.14. The number of hydrogen-bond acceptors (Lipinski definition) is 3. The van der Waals surface area contributed by atoms with E-state index in [1.54, 1.807) is 0 Å². The fourth-order valence-corrected chi connectivity index (χ4v) is 2.18. The van der Waals surface area contributed by atoms with E-state index < -0.39 is 0 Å². The fraction of sp³-hybridized carbons (Fsp3) is 0.733. The first-order chi connectivity index (χ1) is 8.81. The Labute approximate surface area is 112 Å². The van der Waals surface area contributed by atoms with Crippen molar-refractivity contribution in [2.24, 2.45) is 0 Å². The van der Waals surface area contributed by atoms with Gasteiger partial charge in [-0.05, 0) is 45.0 Å². The van der Waals surface area contributed by atoms with Crippen LogP contribution >= 0.6 is 0 Å². The lowest BCUT2D eigenvalue weighted by Crippen LogP contribution is -2.25. The van der Waals surface area contributed by atoms with Crippen LogP contribution in [0.15, 0.2) is 16.7 Å². The van der Waals surface area contributed by atoms with Crippen LogP contribution in [0.5, 0.6) is 0 Å². The van der Waals surface area contributed by atoms with Crippen LogP contribution in [0.1, 0.15) is 51.4 Å². The first-order valence-corrected chi connectivity index (χ1v) is 7.30. The summed E-state index contributed by atoms with van der Waals surface area (Å²) in [6.07, 6.45) is 5.39. The number of rotatable bonds is 10. The van der Waals surface area contributed by atoms with Gasteiger partial charge in [0.1, 0.15) is 5.76 Å². The summed E-state index contributed by atoms with van der Waals surface area (Å²) in [6.45, 7) is 11.9. The molecule has 0 saturated heterocycles. The van der Waals surface area contributed by atoms with E-state index in [4.69, 9.17) is 4.42 Å². The minimum absolute atomic E-state index is 0.849. The van der Waals surface area contributed by atoms with Gasteiger partial charge in [-0.1, -0.05) is 20.8 Å². The van der Waals surface area contributed by atoms with Gasteiger partial charge in [0.15, 0.2) is 0 Å². The third kappa shape index (κ3) is 5.23. The summed E-state index contributed by atoms with van der Waals surface area (Å²) in [6, 6.07) is 2.11. The number of nitrogens with one attached hydrogen (secondary N) is 1. The Kier molecular flexibility index (Phi) is 7.78. The molecule has 0 spiro atoms. The molecule has 0 aliphatic heterocycles. The Hall–Kier alpha value is -0.800. The Balaban J connectivity index is 2.50. The molecule has 0 saturated carbocycles. The maximum atomic E-state index is 5.58. The van der Waals surface area contributed by atoms with Crippen LogP contribution in [0.2, 0.25) is 0 Å². The van der Waals surface area contributed by atoms with E-state index in [-0.39, 0.29) is 0 Å². The van der Waals surface area contributed by atoms with Crippen LogP contribution in [0, 0.1) is 0 Å². The topological polar surface area (TPSA) is 28.4 Å². The first-order valence-electron chi connectivity index (χ1n) is 7.30. The number of furan rings is 1. The summed E-state index contributed by atoms with van der Waals surface area (Å²) in [4.78, 5) is 2.51. The summed E-state index contributed by atoms with van der Waals surface area (Å²) in [5.74, 6) is 1.10. The molecule has 0 fully saturated rings. The predicted molar refractivity (Wildman–Crippen MR) is 76.6 cm³/mol. The lowest BCUT2D eigenvalue weighted by atomic mass is 10.2. The molecule has 3 nitrogen and oxygen atoms in total. The van der Waals surface area contributed by atoms with E-state index in [2.05, 4.69) is 37.1 Å². The molecule has 0 unspecified atom stereocenters. The van der Waals surface area contributed by atoms with Gasteiger partial charge in [-0.15, -0.1) is 0 Å². The molecule has 0 aliphatic carbocycles. The zero-order valence-electron chi connectivity index (χ0n) is 12.2. The van der Waals surface area contributed by atoms with E-state index >= 15 is 0 Å². The molecular formula is C15H28N2O. The van der Waals surface area contributed by atoms with Crippen molar-refractivity contribution in [3.8, 4) is 0 Å². The highest BCUT2D eigenvalue weighted by atomic mass is 16.3. The molecule has 104 valence electrons. The van der Waals surface area contributed by atoms with Crippen molar-refractivity contribution in [2.75, 3.05) is 19.6 Å². The van der Waals surface area contributed by atoms with Gasteiger partial charge in [0.05, 0.1) is 12.8 Å². The Bertz CT molecular complexity index is 303. The van der Waals surface area contributed by atoms with Crippen molar-refractivity contribution in [3.63, 3.8) is 0 Å². The fourth-order valence-electron chi connectivity index (χ4n) is 2.18. The van der Waals surface area contributed by atoms with Gasteiger partial charge in [-0.3, -0.25) is 4.90 Å². The second-order valence-electron chi connectivity index (χ2n) is 4.82. The third-order valence-corrected chi connectivity index (χ3v) is 3.02. The zero-order valence-corrected chi connectivity index (χ0v) is 12.2. The quantitative estimate of drug-likeness (QED) is 0.647. The number of hydrogen-bond donors (Lipinski definition) is 1. The summed E-state index contributed by atoms with van der Waals surface area (Å²) in [5.41, 5.74) is 1.33. The van der Waals surface area contributed by atoms with Crippen molar-refractivity contribution in [1.82, 2.24) is 10.2 Å². The second-order valence-corrected chi connectivity index (χ2v) is 4.82. The lowest BCUT2D eigenvalue weighted by molar-refractivity contribution is 0.264. The average Bonchev–Trinajstić information content (AvgIpc) is 2.78. The van der Waals surface area contributed by atoms with E-state index in [9.17, 15) is 0 Å². The molecular weight excluding hydrogens is 224 g/mol. The van der Waals surface area contributed by atoms with Gasteiger partial charge < -0.3 is 9.73 Å². The van der Waals surface area contributed by atoms with Crippen LogP contribution in [-0.4, -0.2) is 24.5 Å². The van der Waals surface area contributed by atoms with Crippen molar-refractivity contribution in [2.45, 2.75) is 53.1 Å². The zero-order chi connectivity index (χ0) is 13.2. The van der Waals surface area contributed by atoms with Crippen LogP contribution in [0.25, 0.3) is 0 Å². The summed E-state index contributed by atoms with van der Waals surface area (Å²) >= 11 is 0.